The maximum Gasteiger partial charge on any atom is 0.329 e. The minimum absolute atomic E-state index is 0.0124. The lowest BCUT2D eigenvalue weighted by Crippen LogP contribution is -2.52. The molecule has 0 spiro atoms. The van der Waals surface area contributed by atoms with E-state index in [1.165, 1.54) is 40.3 Å². The number of allylic oxidation sites excluding steroid dienone is 2. The molecule has 3 saturated heterocycles. The number of alkyl halides is 1. The molecule has 73 heavy (non-hydrogen) atoms. The van der Waals surface area contributed by atoms with Crippen molar-refractivity contribution in [2.24, 2.45) is 28.6 Å². The van der Waals surface area contributed by atoms with Crippen molar-refractivity contribution >= 4 is 47.3 Å². The summed E-state index contributed by atoms with van der Waals surface area (Å²) in [7, 11) is 1.62. The van der Waals surface area contributed by atoms with Crippen molar-refractivity contribution in [3.8, 4) is 16.9 Å². The van der Waals surface area contributed by atoms with Crippen molar-refractivity contribution < 1.29 is 41.5 Å². The third-order valence-electron chi connectivity index (χ3n) is 16.7. The molecule has 4 fully saturated rings. The normalized spacial score (nSPS) is 27.1. The van der Waals surface area contributed by atoms with E-state index in [1.807, 2.05) is 42.2 Å². The number of amidine groups is 1. The molecule has 13 nitrogen and oxygen atoms in total. The molecule has 386 valence electrons. The molecule has 2 aliphatic carbocycles. The van der Waals surface area contributed by atoms with Gasteiger partial charge in [0.05, 0.1) is 5.02 Å². The average molecular weight is 1030 g/mol. The fourth-order valence-corrected chi connectivity index (χ4v) is 12.9. The molecule has 7 aliphatic rings. The van der Waals surface area contributed by atoms with Crippen LogP contribution in [0, 0.1) is 29.4 Å². The van der Waals surface area contributed by atoms with E-state index in [2.05, 4.69) is 27.2 Å². The number of amides is 5. The Bertz CT molecular complexity index is 2820. The summed E-state index contributed by atoms with van der Waals surface area (Å²) in [4.78, 5) is 56.6. The Balaban J connectivity index is 0.726. The summed E-state index contributed by atoms with van der Waals surface area (Å²) in [5, 5.41) is 11.5. The first kappa shape index (κ1) is 50.5. The largest absolute Gasteiger partial charge is 0.480 e. The molecule has 3 aromatic rings. The van der Waals surface area contributed by atoms with Crippen LogP contribution < -0.4 is 21.1 Å². The minimum Gasteiger partial charge on any atom is -0.480 e. The molecule has 0 radical (unpaired) electrons. The Morgan fingerprint density at radius 3 is 2.36 bits per heavy atom. The lowest BCUT2D eigenvalue weighted by molar-refractivity contribution is -0.138. The number of rotatable bonds is 11. The Hall–Kier alpha value is -6.04. The van der Waals surface area contributed by atoms with E-state index in [1.54, 1.807) is 7.05 Å². The number of carbonyl (C=O) groups excluding carboxylic acids is 4. The Kier molecular flexibility index (Phi) is 14.1. The number of fused-ring (bicyclic) bond motifs is 2. The van der Waals surface area contributed by atoms with Gasteiger partial charge in [-0.25, -0.2) is 22.4 Å². The number of likely N-dealkylation sites (N-methyl/N-ethyl adjacent to an activating group) is 1. The fraction of sp³-hybridized carbons (Fsp3) is 0.473. The molecule has 4 N–H and O–H groups in total. The van der Waals surface area contributed by atoms with Gasteiger partial charge in [-0.2, -0.15) is 5.10 Å². The van der Waals surface area contributed by atoms with Gasteiger partial charge in [-0.1, -0.05) is 67.6 Å². The molecule has 1 saturated carbocycles. The zero-order valence-electron chi connectivity index (χ0n) is 41.1. The second-order valence-electron chi connectivity index (χ2n) is 20.8. The van der Waals surface area contributed by atoms with Gasteiger partial charge in [0.1, 0.15) is 29.3 Å². The molecular formula is C55H61ClF4N8O5. The summed E-state index contributed by atoms with van der Waals surface area (Å²) >= 11 is 6.71. The molecule has 3 aromatic carbocycles. The number of carbonyl (C=O) groups is 4. The Morgan fingerprint density at radius 2 is 1.68 bits per heavy atom. The van der Waals surface area contributed by atoms with E-state index in [9.17, 15) is 19.2 Å². The van der Waals surface area contributed by atoms with E-state index in [-0.39, 0.29) is 81.2 Å². The molecule has 0 bridgehead atoms. The van der Waals surface area contributed by atoms with Crippen LogP contribution in [0.4, 0.5) is 22.4 Å². The highest BCUT2D eigenvalue weighted by molar-refractivity contribution is 6.34. The maximum atomic E-state index is 16.4. The smallest absolute Gasteiger partial charge is 0.329 e. The molecule has 18 heteroatoms. The minimum atomic E-state index is -1.63. The number of urea groups is 1. The van der Waals surface area contributed by atoms with Gasteiger partial charge in [-0.3, -0.25) is 29.6 Å². The fourth-order valence-electron chi connectivity index (χ4n) is 12.7. The van der Waals surface area contributed by atoms with Crippen LogP contribution in [-0.2, 0) is 15.2 Å². The number of nitrogens with one attached hydrogen (secondary N) is 2. The van der Waals surface area contributed by atoms with Crippen LogP contribution in [0.15, 0.2) is 83.3 Å². The van der Waals surface area contributed by atoms with Crippen LogP contribution in [-0.4, -0.2) is 120 Å². The quantitative estimate of drug-likeness (QED) is 0.162. The van der Waals surface area contributed by atoms with E-state index in [4.69, 9.17) is 22.1 Å². The molecule has 4 atom stereocenters. The van der Waals surface area contributed by atoms with Gasteiger partial charge in [-0.05, 0) is 94.0 Å². The van der Waals surface area contributed by atoms with Crippen LogP contribution in [0.5, 0.6) is 5.75 Å². The van der Waals surface area contributed by atoms with Gasteiger partial charge in [0, 0.05) is 109 Å². The number of piperidine rings is 2. The first-order valence-corrected chi connectivity index (χ1v) is 25.9. The molecular weight excluding hydrogens is 964 g/mol. The Labute approximate surface area is 427 Å². The molecule has 4 unspecified atom stereocenters. The average Bonchev–Trinajstić information content (AvgIpc) is 3.86. The van der Waals surface area contributed by atoms with Crippen LogP contribution >= 0.6 is 11.6 Å². The van der Waals surface area contributed by atoms with Crippen LogP contribution in [0.2, 0.25) is 5.02 Å². The van der Waals surface area contributed by atoms with Gasteiger partial charge in [-0.15, -0.1) is 0 Å². The van der Waals surface area contributed by atoms with Gasteiger partial charge < -0.3 is 25.6 Å². The lowest BCUT2D eigenvalue weighted by Gasteiger charge is -2.41. The molecule has 5 aliphatic heterocycles. The first-order valence-electron chi connectivity index (χ1n) is 25.5. The predicted molar refractivity (Wildman–Crippen MR) is 270 cm³/mol. The highest BCUT2D eigenvalue weighted by Crippen LogP contribution is 2.56. The van der Waals surface area contributed by atoms with Crippen molar-refractivity contribution in [2.75, 3.05) is 52.9 Å². The van der Waals surface area contributed by atoms with Crippen molar-refractivity contribution in [1.82, 2.24) is 30.3 Å². The first-order chi connectivity index (χ1) is 35.1. The van der Waals surface area contributed by atoms with Gasteiger partial charge in [0.25, 0.3) is 0 Å². The zero-order valence-corrected chi connectivity index (χ0v) is 41.8. The van der Waals surface area contributed by atoms with E-state index in [0.717, 1.165) is 50.6 Å². The third kappa shape index (κ3) is 9.23. The van der Waals surface area contributed by atoms with Crippen LogP contribution in [0.1, 0.15) is 97.7 Å². The van der Waals surface area contributed by atoms with E-state index >= 15 is 17.6 Å². The number of hydrazone groups is 1. The number of hydrogen-bond donors (Lipinski definition) is 3. The molecule has 0 aromatic heterocycles. The lowest BCUT2D eigenvalue weighted by atomic mass is 9.77. The van der Waals surface area contributed by atoms with Crippen molar-refractivity contribution in [3.63, 3.8) is 0 Å². The third-order valence-corrected chi connectivity index (χ3v) is 17.1. The number of imide groups is 1. The molecule has 5 heterocycles. The maximum absolute atomic E-state index is 16.4. The van der Waals surface area contributed by atoms with Crippen molar-refractivity contribution in [3.05, 3.63) is 117 Å². The number of nitrogens with two attached hydrogens (primary N) is 1. The number of likely N-dealkylation sites (tertiary alicyclic amines) is 2. The van der Waals surface area contributed by atoms with Gasteiger partial charge in [0.15, 0.2) is 17.6 Å². The van der Waals surface area contributed by atoms with Crippen LogP contribution in [0.3, 0.4) is 0 Å². The second-order valence-corrected chi connectivity index (χ2v) is 21.2. The van der Waals surface area contributed by atoms with Crippen molar-refractivity contribution in [1.29, 1.82) is 0 Å². The topological polar surface area (TPSA) is 153 Å². The highest BCUT2D eigenvalue weighted by Gasteiger charge is 2.51. The number of benzene rings is 3. The molecule has 10 rings (SSSR count). The van der Waals surface area contributed by atoms with Crippen LogP contribution in [0.25, 0.3) is 17.2 Å². The van der Waals surface area contributed by atoms with Gasteiger partial charge >= 0.3 is 6.03 Å². The molecule has 5 amide bonds. The highest BCUT2D eigenvalue weighted by atomic mass is 35.5. The second kappa shape index (κ2) is 20.3. The summed E-state index contributed by atoms with van der Waals surface area (Å²) in [5.74, 6) is -3.45. The number of halogens is 5. The van der Waals surface area contributed by atoms with E-state index in [0.29, 0.717) is 62.6 Å². The number of ether oxygens (including phenoxy) is 1. The Morgan fingerprint density at radius 1 is 0.973 bits per heavy atom. The monoisotopic (exact) mass is 1020 g/mol. The zero-order chi connectivity index (χ0) is 51.5. The number of primary amides is 1. The summed E-state index contributed by atoms with van der Waals surface area (Å²) in [6, 6.07) is 12.1. The summed E-state index contributed by atoms with van der Waals surface area (Å²) in [5.41, 5.74) is 6.17. The van der Waals surface area contributed by atoms with Crippen molar-refractivity contribution in [2.45, 2.75) is 94.5 Å². The van der Waals surface area contributed by atoms with E-state index < -0.39 is 59.0 Å². The summed E-state index contributed by atoms with van der Waals surface area (Å²) in [6.45, 7) is 9.70. The summed E-state index contributed by atoms with van der Waals surface area (Å²) < 4.78 is 71.1. The SMILES string of the molecule is C=Cc1ccc(C(N)=O)c(-c2c(Cl)c(F)cc3c2C(C)C(CNC2CCC(C(=O)N4CCC(CN5CCC(C6=C(F)C=C7C(N8CCC(=O)NC8=O)=NN(C)C7C6F)CC5)CC4)CC2)(c2ccccc2)O3)c1F. The standard InChI is InChI=1S/C55H61ClF4N8O5/c1-4-32-12-15-37(51(61)70)45(48(32)59)46-43-30(2)55(35-8-6-5-7-9-35,73-41(43)27-40(58)47(46)56)29-62-36-13-10-34(11-14-36)53(71)67-23-16-31(17-24-67)28-66-21-18-33(19-22-66)44-39(57)26-38-50(49(44)60)65(3)64-52(38)68-25-20-42(69)63-54(68)72/h4-9,12,15,26-27,30-31,33-34,36,49-50,62H,1,10-11,13-14,16-25,28-29H2,2-3H3,(H2,61,70)(H,63,69,72). The number of hydrogen-bond acceptors (Lipinski definition) is 9. The predicted octanol–water partition coefficient (Wildman–Crippen LogP) is 8.59. The van der Waals surface area contributed by atoms with Gasteiger partial charge in [0.2, 0.25) is 17.7 Å². The summed E-state index contributed by atoms with van der Waals surface area (Å²) in [6.07, 6.45) is 7.05. The number of nitrogens with zero attached hydrogens (tertiary/aromatic N) is 5.